The monoisotopic (exact) mass is 598 g/mol. The van der Waals surface area contributed by atoms with Gasteiger partial charge in [0.25, 0.3) is 5.56 Å². The number of ether oxygens (including phenoxy) is 2. The van der Waals surface area contributed by atoms with Gasteiger partial charge in [0.2, 0.25) is 0 Å². The van der Waals surface area contributed by atoms with E-state index in [0.717, 1.165) is 0 Å². The topological polar surface area (TPSA) is 242 Å². The van der Waals surface area contributed by atoms with E-state index in [1.807, 2.05) is 6.26 Å². The third-order valence-corrected chi connectivity index (χ3v) is 9.57. The van der Waals surface area contributed by atoms with Crippen molar-refractivity contribution in [2.45, 2.75) is 31.8 Å². The van der Waals surface area contributed by atoms with Gasteiger partial charge in [0, 0.05) is 6.42 Å². The molecule has 0 radical (unpaired) electrons. The zero-order valence-corrected chi connectivity index (χ0v) is 22.2. The van der Waals surface area contributed by atoms with Crippen LogP contribution in [0.3, 0.4) is 0 Å². The summed E-state index contributed by atoms with van der Waals surface area (Å²) in [4.78, 5) is 59.2. The highest BCUT2D eigenvalue weighted by Crippen LogP contribution is 2.66. The molecule has 17 nitrogen and oxygen atoms in total. The summed E-state index contributed by atoms with van der Waals surface area (Å²) in [5.41, 5.74) is -0.133. The molecular weight excluding hydrogens is 577 g/mol. The number of phosphoric ester groups is 1. The fourth-order valence-electron chi connectivity index (χ4n) is 3.08. The first-order chi connectivity index (χ1) is 16.2. The van der Waals surface area contributed by atoms with Gasteiger partial charge >= 0.3 is 23.5 Å². The molecule has 3 rings (SSSR count). The van der Waals surface area contributed by atoms with Gasteiger partial charge in [-0.2, -0.15) is 8.62 Å². The number of H-pyrrole nitrogens is 1. The van der Waals surface area contributed by atoms with Gasteiger partial charge in [0.1, 0.15) is 24.1 Å². The molecule has 22 heteroatoms. The van der Waals surface area contributed by atoms with Crippen LogP contribution in [0, 0.1) is 6.92 Å². The van der Waals surface area contributed by atoms with E-state index in [9.17, 15) is 28.3 Å². The number of fused-ring (bicyclic) bond motifs is 1. The molecule has 1 saturated heterocycles. The Balaban J connectivity index is 1.75. The van der Waals surface area contributed by atoms with Gasteiger partial charge in [0.15, 0.2) is 11.2 Å². The lowest BCUT2D eigenvalue weighted by molar-refractivity contribution is -0.0522. The Labute approximate surface area is 204 Å². The number of imidazole rings is 1. The van der Waals surface area contributed by atoms with Gasteiger partial charge in [-0.1, -0.05) is 21.6 Å². The molecule has 1 aliphatic rings. The van der Waals surface area contributed by atoms with E-state index < -0.39 is 54.1 Å². The number of aromatic nitrogens is 4. The van der Waals surface area contributed by atoms with Crippen molar-refractivity contribution in [2.24, 2.45) is 0 Å². The quantitative estimate of drug-likeness (QED) is 0.100. The zero-order chi connectivity index (χ0) is 26.0. The molecular formula is C13H21N4O13P3S2. The third kappa shape index (κ3) is 8.18. The molecule has 0 spiro atoms. The fourth-order valence-corrected chi connectivity index (χ4v) is 6.89. The Bertz CT molecular complexity index is 1250. The second-order valence-corrected chi connectivity index (χ2v) is 13.8. The molecule has 2 unspecified atom stereocenters. The molecule has 5 atom stereocenters. The molecule has 1 fully saturated rings. The fraction of sp³-hybridized carbons (Fsp3) is 0.615. The van der Waals surface area contributed by atoms with Gasteiger partial charge < -0.3 is 34.0 Å². The van der Waals surface area contributed by atoms with Crippen LogP contribution in [0.15, 0.2) is 11.1 Å². The average molecular weight is 598 g/mol. The van der Waals surface area contributed by atoms with Gasteiger partial charge in [-0.05, 0) is 13.2 Å². The zero-order valence-electron chi connectivity index (χ0n) is 17.9. The second-order valence-electron chi connectivity index (χ2n) is 6.83. The number of aryl methyl sites for hydroxylation is 1. The maximum atomic E-state index is 12.1. The van der Waals surface area contributed by atoms with Crippen molar-refractivity contribution in [3.05, 3.63) is 22.5 Å². The minimum absolute atomic E-state index is 0.0753. The summed E-state index contributed by atoms with van der Waals surface area (Å²) in [6.07, 6.45) is 0.888. The summed E-state index contributed by atoms with van der Waals surface area (Å²) < 4.78 is 59.6. The first-order valence-electron chi connectivity index (χ1n) is 9.34. The SMILES string of the molecule is CSSCO[C@H]1C[C@H](n2cnc3c(=O)[nH]c(C)nc32)O[C@@H]1COP(=O)(O)OP(=O)(O)OP(=O)(O)O. The van der Waals surface area contributed by atoms with E-state index in [4.69, 9.17) is 23.8 Å². The summed E-state index contributed by atoms with van der Waals surface area (Å²) in [5, 5.41) is 0. The number of rotatable bonds is 12. The summed E-state index contributed by atoms with van der Waals surface area (Å²) in [5.74, 6) is 0.561. The molecule has 3 heterocycles. The van der Waals surface area contributed by atoms with Crippen LogP contribution in [0.1, 0.15) is 18.5 Å². The van der Waals surface area contributed by atoms with Crippen LogP contribution in [0.25, 0.3) is 11.2 Å². The normalized spacial score (nSPS) is 24.5. The van der Waals surface area contributed by atoms with Crippen molar-refractivity contribution in [1.29, 1.82) is 0 Å². The van der Waals surface area contributed by atoms with E-state index in [1.165, 1.54) is 32.5 Å². The Hall–Kier alpha value is -0.620. The number of nitrogens with one attached hydrogen (secondary N) is 1. The van der Waals surface area contributed by atoms with Crippen LogP contribution < -0.4 is 5.56 Å². The Kier molecular flexibility index (Phi) is 9.44. The highest BCUT2D eigenvalue weighted by atomic mass is 33.1. The molecule has 2 aromatic heterocycles. The summed E-state index contributed by atoms with van der Waals surface area (Å²) >= 11 is 0. The molecule has 0 amide bonds. The Morgan fingerprint density at radius 1 is 1.23 bits per heavy atom. The lowest BCUT2D eigenvalue weighted by Crippen LogP contribution is -2.28. The van der Waals surface area contributed by atoms with Crippen LogP contribution in [0.5, 0.6) is 0 Å². The summed E-state index contributed by atoms with van der Waals surface area (Å²) in [6, 6.07) is 0. The molecule has 0 saturated carbocycles. The van der Waals surface area contributed by atoms with Gasteiger partial charge in [-0.25, -0.2) is 23.7 Å². The van der Waals surface area contributed by atoms with Gasteiger partial charge in [0.05, 0.1) is 19.0 Å². The van der Waals surface area contributed by atoms with Crippen molar-refractivity contribution in [3.8, 4) is 0 Å². The van der Waals surface area contributed by atoms with E-state index in [2.05, 4.69) is 23.6 Å². The third-order valence-electron chi connectivity index (χ3n) is 4.31. The van der Waals surface area contributed by atoms with Crippen LogP contribution in [0.4, 0.5) is 0 Å². The molecule has 5 N–H and O–H groups in total. The number of hydrogen-bond acceptors (Lipinski definition) is 13. The lowest BCUT2D eigenvalue weighted by Gasteiger charge is -2.21. The van der Waals surface area contributed by atoms with Gasteiger partial charge in [-0.15, -0.1) is 0 Å². The van der Waals surface area contributed by atoms with Crippen molar-refractivity contribution in [1.82, 2.24) is 19.5 Å². The number of phosphoric acid groups is 3. The number of aromatic amines is 1. The smallest absolute Gasteiger partial charge is 0.364 e. The van der Waals surface area contributed by atoms with E-state index >= 15 is 0 Å². The van der Waals surface area contributed by atoms with Crippen molar-refractivity contribution >= 4 is 56.2 Å². The van der Waals surface area contributed by atoms with Crippen molar-refractivity contribution < 1.29 is 55.9 Å². The van der Waals surface area contributed by atoms with Crippen LogP contribution in [-0.4, -0.2) is 70.1 Å². The lowest BCUT2D eigenvalue weighted by atomic mass is 10.2. The minimum Gasteiger partial charge on any atom is -0.364 e. The Morgan fingerprint density at radius 3 is 2.60 bits per heavy atom. The van der Waals surface area contributed by atoms with Crippen LogP contribution >= 0.6 is 45.1 Å². The predicted octanol–water partition coefficient (Wildman–Crippen LogP) is 1.41. The maximum Gasteiger partial charge on any atom is 0.490 e. The molecule has 198 valence electrons. The molecule has 0 aromatic carbocycles. The molecule has 35 heavy (non-hydrogen) atoms. The van der Waals surface area contributed by atoms with Crippen LogP contribution in [-0.2, 0) is 36.3 Å². The second kappa shape index (κ2) is 11.4. The van der Waals surface area contributed by atoms with Crippen molar-refractivity contribution in [3.63, 3.8) is 0 Å². The standard InChI is InChI=1S/C13H21N4O13P3S2/c1-7-15-12-11(13(18)16-7)14-5-17(12)10-3-8(26-6-35-34-2)9(28-10)4-27-32(22,23)30-33(24,25)29-31(19,20)21/h5,8-10H,3-4,6H2,1-2H3,(H,22,23)(H,24,25)(H,15,16,18)(H2,19,20,21)/t8-,9+,10+/m0/s1. The molecule has 2 aromatic rings. The van der Waals surface area contributed by atoms with E-state index in [0.29, 0.717) is 5.82 Å². The van der Waals surface area contributed by atoms with E-state index in [1.54, 1.807) is 6.92 Å². The van der Waals surface area contributed by atoms with Crippen LogP contribution in [0.2, 0.25) is 0 Å². The summed E-state index contributed by atoms with van der Waals surface area (Å²) in [7, 11) is -13.7. The average Bonchev–Trinajstić information content (AvgIpc) is 3.28. The van der Waals surface area contributed by atoms with Crippen molar-refractivity contribution in [2.75, 3.05) is 18.8 Å². The predicted molar refractivity (Wildman–Crippen MR) is 122 cm³/mol. The first-order valence-corrected chi connectivity index (χ1v) is 16.6. The highest BCUT2D eigenvalue weighted by molar-refractivity contribution is 8.76. The largest absolute Gasteiger partial charge is 0.490 e. The number of nitrogens with zero attached hydrogens (tertiary/aromatic N) is 3. The maximum absolute atomic E-state index is 12.1. The first kappa shape index (κ1) is 28.9. The molecule has 0 aliphatic carbocycles. The minimum atomic E-state index is -5.65. The molecule has 0 bridgehead atoms. The number of hydrogen-bond donors (Lipinski definition) is 5. The van der Waals surface area contributed by atoms with E-state index in [-0.39, 0.29) is 23.5 Å². The Morgan fingerprint density at radius 2 is 1.94 bits per heavy atom. The summed E-state index contributed by atoms with van der Waals surface area (Å²) in [6.45, 7) is 0.902. The molecule has 1 aliphatic heterocycles. The van der Waals surface area contributed by atoms with Gasteiger partial charge in [-0.3, -0.25) is 13.9 Å². The highest BCUT2D eigenvalue weighted by Gasteiger charge is 2.43.